The van der Waals surface area contributed by atoms with Crippen molar-refractivity contribution in [2.24, 2.45) is 7.05 Å². The number of hydrogen-bond acceptors (Lipinski definition) is 2. The Labute approximate surface area is 115 Å². The van der Waals surface area contributed by atoms with Crippen molar-refractivity contribution >= 4 is 11.0 Å². The van der Waals surface area contributed by atoms with E-state index in [1.165, 1.54) is 23.9 Å². The summed E-state index contributed by atoms with van der Waals surface area (Å²) >= 11 is 0. The molecule has 0 radical (unpaired) electrons. The van der Waals surface area contributed by atoms with Crippen LogP contribution >= 0.6 is 0 Å². The van der Waals surface area contributed by atoms with Crippen LogP contribution in [0.15, 0.2) is 18.2 Å². The number of nitrogens with zero attached hydrogens (tertiary/aromatic N) is 2. The van der Waals surface area contributed by atoms with E-state index in [0.29, 0.717) is 0 Å². The molecule has 0 bridgehead atoms. The second-order valence-corrected chi connectivity index (χ2v) is 6.72. The van der Waals surface area contributed by atoms with Gasteiger partial charge in [0.25, 0.3) is 0 Å². The first-order valence-electron chi connectivity index (χ1n) is 7.14. The van der Waals surface area contributed by atoms with E-state index in [9.17, 15) is 0 Å². The molecule has 1 saturated carbocycles. The molecule has 3 heteroatoms. The largest absolute Gasteiger partial charge is 0.331 e. The monoisotopic (exact) mass is 257 g/mol. The first-order valence-corrected chi connectivity index (χ1v) is 7.14. The number of imidazole rings is 1. The maximum absolute atomic E-state index is 4.77. The van der Waals surface area contributed by atoms with Gasteiger partial charge in [-0.2, -0.15) is 0 Å². The average molecular weight is 257 g/mol. The Hall–Kier alpha value is -1.35. The van der Waals surface area contributed by atoms with Gasteiger partial charge in [0.2, 0.25) is 0 Å². The minimum atomic E-state index is 0.0835. The van der Waals surface area contributed by atoms with Crippen LogP contribution in [0.5, 0.6) is 0 Å². The van der Waals surface area contributed by atoms with Gasteiger partial charge < -0.3 is 9.88 Å². The van der Waals surface area contributed by atoms with Crippen LogP contribution < -0.4 is 5.32 Å². The van der Waals surface area contributed by atoms with Crippen LogP contribution in [0.3, 0.4) is 0 Å². The van der Waals surface area contributed by atoms with Crippen LogP contribution in [-0.2, 0) is 19.0 Å². The van der Waals surface area contributed by atoms with Gasteiger partial charge in [0.1, 0.15) is 5.82 Å². The maximum Gasteiger partial charge on any atom is 0.115 e. The van der Waals surface area contributed by atoms with E-state index in [1.54, 1.807) is 0 Å². The minimum Gasteiger partial charge on any atom is -0.331 e. The molecule has 0 atom stereocenters. The quantitative estimate of drug-likeness (QED) is 0.915. The van der Waals surface area contributed by atoms with Gasteiger partial charge in [-0.1, -0.05) is 26.8 Å². The van der Waals surface area contributed by atoms with Gasteiger partial charge in [0.15, 0.2) is 0 Å². The predicted molar refractivity (Wildman–Crippen MR) is 79.3 cm³/mol. The molecule has 2 aromatic rings. The van der Waals surface area contributed by atoms with Crippen LogP contribution in [0.25, 0.3) is 11.0 Å². The zero-order valence-electron chi connectivity index (χ0n) is 12.3. The summed E-state index contributed by atoms with van der Waals surface area (Å²) in [6, 6.07) is 7.37. The number of aromatic nitrogens is 2. The highest BCUT2D eigenvalue weighted by Crippen LogP contribution is 2.26. The third-order valence-corrected chi connectivity index (χ3v) is 3.79. The summed E-state index contributed by atoms with van der Waals surface area (Å²) in [4.78, 5) is 4.77. The molecule has 1 N–H and O–H groups in total. The van der Waals surface area contributed by atoms with Crippen molar-refractivity contribution in [3.05, 3.63) is 29.6 Å². The smallest absolute Gasteiger partial charge is 0.115 e. The van der Waals surface area contributed by atoms with E-state index in [4.69, 9.17) is 4.98 Å². The van der Waals surface area contributed by atoms with Gasteiger partial charge in [-0.3, -0.25) is 0 Å². The van der Waals surface area contributed by atoms with E-state index < -0.39 is 0 Å². The number of fused-ring (bicyclic) bond motifs is 1. The van der Waals surface area contributed by atoms with Gasteiger partial charge in [0.05, 0.1) is 11.0 Å². The summed E-state index contributed by atoms with van der Waals surface area (Å²) in [5, 5.41) is 3.56. The van der Waals surface area contributed by atoms with Gasteiger partial charge in [-0.25, -0.2) is 4.98 Å². The number of hydrogen-bond donors (Lipinski definition) is 1. The lowest BCUT2D eigenvalue weighted by molar-refractivity contribution is 0.526. The van der Waals surface area contributed by atoms with Gasteiger partial charge in [-0.15, -0.1) is 0 Å². The molecular formula is C16H23N3. The standard InChI is InChI=1S/C16H23N3/c1-16(2,3)15-18-13-8-5-11(9-14(13)19(15)4)10-17-12-6-7-12/h5,8-9,12,17H,6-7,10H2,1-4H3. The molecule has 1 aliphatic carbocycles. The average Bonchev–Trinajstić information content (AvgIpc) is 3.10. The first-order chi connectivity index (χ1) is 8.95. The summed E-state index contributed by atoms with van der Waals surface area (Å²) < 4.78 is 2.23. The second-order valence-electron chi connectivity index (χ2n) is 6.72. The third-order valence-electron chi connectivity index (χ3n) is 3.79. The molecule has 1 fully saturated rings. The van der Waals surface area contributed by atoms with Crippen molar-refractivity contribution < 1.29 is 0 Å². The lowest BCUT2D eigenvalue weighted by Crippen LogP contribution is -2.17. The van der Waals surface area contributed by atoms with Crippen LogP contribution in [0.1, 0.15) is 45.0 Å². The minimum absolute atomic E-state index is 0.0835. The van der Waals surface area contributed by atoms with Crippen molar-refractivity contribution in [1.29, 1.82) is 0 Å². The highest BCUT2D eigenvalue weighted by atomic mass is 15.1. The SMILES string of the molecule is Cn1c(C(C)(C)C)nc2ccc(CNC3CC3)cc21. The zero-order chi connectivity index (χ0) is 13.6. The Bertz CT molecular complexity index is 600. The second kappa shape index (κ2) is 4.34. The number of nitrogens with one attached hydrogen (secondary N) is 1. The molecule has 3 nitrogen and oxygen atoms in total. The van der Waals surface area contributed by atoms with Gasteiger partial charge in [0, 0.05) is 25.0 Å². The fourth-order valence-corrected chi connectivity index (χ4v) is 2.57. The fraction of sp³-hybridized carbons (Fsp3) is 0.562. The molecule has 0 saturated heterocycles. The first kappa shape index (κ1) is 12.7. The zero-order valence-corrected chi connectivity index (χ0v) is 12.3. The van der Waals surface area contributed by atoms with E-state index >= 15 is 0 Å². The molecule has 1 aromatic heterocycles. The summed E-state index contributed by atoms with van der Waals surface area (Å²) in [6.45, 7) is 7.61. The van der Waals surface area contributed by atoms with Gasteiger partial charge >= 0.3 is 0 Å². The summed E-state index contributed by atoms with van der Waals surface area (Å²) in [7, 11) is 2.12. The normalized spacial score (nSPS) is 16.2. The van der Waals surface area contributed by atoms with Crippen molar-refractivity contribution in [2.75, 3.05) is 0 Å². The lowest BCUT2D eigenvalue weighted by atomic mass is 9.96. The van der Waals surface area contributed by atoms with Crippen LogP contribution in [0.4, 0.5) is 0 Å². The van der Waals surface area contributed by atoms with Crippen molar-refractivity contribution in [1.82, 2.24) is 14.9 Å². The van der Waals surface area contributed by atoms with E-state index in [0.717, 1.165) is 23.9 Å². The van der Waals surface area contributed by atoms with Crippen molar-refractivity contribution in [3.8, 4) is 0 Å². The summed E-state index contributed by atoms with van der Waals surface area (Å²) in [6.07, 6.45) is 2.67. The summed E-state index contributed by atoms with van der Waals surface area (Å²) in [5.74, 6) is 1.15. The Balaban J connectivity index is 1.94. The highest BCUT2D eigenvalue weighted by Gasteiger charge is 2.22. The fourth-order valence-electron chi connectivity index (χ4n) is 2.57. The molecule has 3 rings (SSSR count). The molecule has 102 valence electrons. The van der Waals surface area contributed by atoms with Crippen molar-refractivity contribution in [2.45, 2.75) is 51.6 Å². The molecule has 1 aliphatic rings. The Kier molecular flexibility index (Phi) is 2.90. The summed E-state index contributed by atoms with van der Waals surface area (Å²) in [5.41, 5.74) is 3.77. The van der Waals surface area contributed by atoms with E-state index in [2.05, 4.69) is 55.9 Å². The van der Waals surface area contributed by atoms with Gasteiger partial charge in [-0.05, 0) is 30.5 Å². The Morgan fingerprint density at radius 3 is 2.68 bits per heavy atom. The number of benzene rings is 1. The molecule has 19 heavy (non-hydrogen) atoms. The van der Waals surface area contributed by atoms with Crippen LogP contribution in [-0.4, -0.2) is 15.6 Å². The molecule has 0 amide bonds. The lowest BCUT2D eigenvalue weighted by Gasteiger charge is -2.17. The highest BCUT2D eigenvalue weighted by molar-refractivity contribution is 5.77. The Morgan fingerprint density at radius 2 is 2.05 bits per heavy atom. The molecule has 0 spiro atoms. The topological polar surface area (TPSA) is 29.9 Å². The predicted octanol–water partition coefficient (Wildman–Crippen LogP) is 3.12. The Morgan fingerprint density at radius 1 is 1.32 bits per heavy atom. The molecule has 1 heterocycles. The molecular weight excluding hydrogens is 234 g/mol. The number of rotatable bonds is 3. The van der Waals surface area contributed by atoms with Crippen molar-refractivity contribution in [3.63, 3.8) is 0 Å². The molecule has 0 unspecified atom stereocenters. The van der Waals surface area contributed by atoms with E-state index in [-0.39, 0.29) is 5.41 Å². The number of aryl methyl sites for hydroxylation is 1. The maximum atomic E-state index is 4.77. The van der Waals surface area contributed by atoms with Crippen LogP contribution in [0, 0.1) is 0 Å². The molecule has 1 aromatic carbocycles. The van der Waals surface area contributed by atoms with Crippen LogP contribution in [0.2, 0.25) is 0 Å². The molecule has 0 aliphatic heterocycles. The van der Waals surface area contributed by atoms with E-state index in [1.807, 2.05) is 0 Å². The third kappa shape index (κ3) is 2.52.